The lowest BCUT2D eigenvalue weighted by molar-refractivity contribution is -0.141. The molecule has 1 N–H and O–H groups in total. The fourth-order valence-corrected chi connectivity index (χ4v) is 3.74. The topological polar surface area (TPSA) is 80.1 Å². The molecule has 1 saturated heterocycles. The van der Waals surface area contributed by atoms with E-state index in [9.17, 15) is 9.59 Å². The van der Waals surface area contributed by atoms with Gasteiger partial charge < -0.3 is 14.8 Å². The number of nitrogens with zero attached hydrogens (tertiary/aromatic N) is 4. The summed E-state index contributed by atoms with van der Waals surface area (Å²) < 4.78 is 2.11. The number of amides is 2. The molecule has 0 aliphatic carbocycles. The predicted octanol–water partition coefficient (Wildman–Crippen LogP) is 1.95. The predicted molar refractivity (Wildman–Crippen MR) is 102 cm³/mol. The molecule has 0 spiro atoms. The molecule has 1 fully saturated rings. The Morgan fingerprint density at radius 2 is 2.07 bits per heavy atom. The van der Waals surface area contributed by atoms with E-state index in [0.29, 0.717) is 19.6 Å². The highest BCUT2D eigenvalue weighted by molar-refractivity contribution is 5.90. The van der Waals surface area contributed by atoms with Crippen LogP contribution in [0.3, 0.4) is 0 Å². The first-order valence-corrected chi connectivity index (χ1v) is 9.36. The van der Waals surface area contributed by atoms with E-state index in [1.807, 2.05) is 29.3 Å². The van der Waals surface area contributed by atoms with E-state index < -0.39 is 5.54 Å². The van der Waals surface area contributed by atoms with Crippen LogP contribution in [-0.4, -0.2) is 49.9 Å². The molecule has 2 aromatic rings. The van der Waals surface area contributed by atoms with Crippen LogP contribution >= 0.6 is 0 Å². The molecule has 7 nitrogen and oxygen atoms in total. The number of pyridine rings is 1. The molecule has 27 heavy (non-hydrogen) atoms. The van der Waals surface area contributed by atoms with Crippen LogP contribution in [0.25, 0.3) is 0 Å². The van der Waals surface area contributed by atoms with E-state index in [2.05, 4.69) is 19.9 Å². The van der Waals surface area contributed by atoms with Crippen LogP contribution < -0.4 is 5.32 Å². The number of carbonyl (C=O) groups is 2. The standard InChI is InChI=1S/C20H27N5O2/c1-15(26)23-20(2,3)19(27)25-11-6-7-16(13-25)18-22-10-12-24(18)14-17-8-4-5-9-21-17/h4-5,8-10,12,16H,6-7,11,13-14H2,1-3H3,(H,23,26)/t16-/m1/s1. The van der Waals surface area contributed by atoms with Crippen LogP contribution in [0.1, 0.15) is 51.0 Å². The van der Waals surface area contributed by atoms with Gasteiger partial charge in [-0.15, -0.1) is 0 Å². The molecule has 2 amide bonds. The lowest BCUT2D eigenvalue weighted by Gasteiger charge is -2.37. The van der Waals surface area contributed by atoms with Crippen molar-refractivity contribution in [2.75, 3.05) is 13.1 Å². The van der Waals surface area contributed by atoms with Gasteiger partial charge in [0.05, 0.1) is 12.2 Å². The van der Waals surface area contributed by atoms with Gasteiger partial charge in [0.25, 0.3) is 0 Å². The first kappa shape index (κ1) is 19.1. The summed E-state index contributed by atoms with van der Waals surface area (Å²) in [4.78, 5) is 35.1. The average molecular weight is 369 g/mol. The van der Waals surface area contributed by atoms with Crippen LogP contribution in [-0.2, 0) is 16.1 Å². The van der Waals surface area contributed by atoms with Crippen molar-refractivity contribution in [1.29, 1.82) is 0 Å². The minimum absolute atomic E-state index is 0.0507. The van der Waals surface area contributed by atoms with Crippen LogP contribution in [0, 0.1) is 0 Å². The molecular formula is C20H27N5O2. The third kappa shape index (κ3) is 4.53. The van der Waals surface area contributed by atoms with Crippen LogP contribution in [0.2, 0.25) is 0 Å². The van der Waals surface area contributed by atoms with Gasteiger partial charge in [-0.2, -0.15) is 0 Å². The highest BCUT2D eigenvalue weighted by atomic mass is 16.2. The molecule has 0 aromatic carbocycles. The number of piperidine rings is 1. The van der Waals surface area contributed by atoms with Crippen molar-refractivity contribution < 1.29 is 9.59 Å². The van der Waals surface area contributed by atoms with Crippen molar-refractivity contribution in [3.63, 3.8) is 0 Å². The molecular weight excluding hydrogens is 342 g/mol. The summed E-state index contributed by atoms with van der Waals surface area (Å²) >= 11 is 0. The van der Waals surface area contributed by atoms with E-state index in [4.69, 9.17) is 0 Å². The number of hydrogen-bond acceptors (Lipinski definition) is 4. The Hall–Kier alpha value is -2.70. The largest absolute Gasteiger partial charge is 0.342 e. The first-order chi connectivity index (χ1) is 12.9. The number of aromatic nitrogens is 3. The first-order valence-electron chi connectivity index (χ1n) is 9.36. The van der Waals surface area contributed by atoms with E-state index in [1.165, 1.54) is 6.92 Å². The summed E-state index contributed by atoms with van der Waals surface area (Å²) in [7, 11) is 0. The SMILES string of the molecule is CC(=O)NC(C)(C)C(=O)N1CCC[C@@H](c2nccn2Cc2ccccn2)C1. The number of imidazole rings is 1. The maximum atomic E-state index is 12.9. The minimum Gasteiger partial charge on any atom is -0.342 e. The Morgan fingerprint density at radius 3 is 2.78 bits per heavy atom. The molecule has 3 rings (SSSR count). The van der Waals surface area contributed by atoms with Gasteiger partial charge >= 0.3 is 0 Å². The van der Waals surface area contributed by atoms with Crippen LogP contribution in [0.5, 0.6) is 0 Å². The highest BCUT2D eigenvalue weighted by Crippen LogP contribution is 2.27. The summed E-state index contributed by atoms with van der Waals surface area (Å²) in [5, 5.41) is 2.75. The number of rotatable bonds is 5. The summed E-state index contributed by atoms with van der Waals surface area (Å²) in [6, 6.07) is 5.88. The molecule has 0 saturated carbocycles. The molecule has 2 aromatic heterocycles. The summed E-state index contributed by atoms with van der Waals surface area (Å²) in [5.74, 6) is 0.906. The van der Waals surface area contributed by atoms with Crippen molar-refractivity contribution in [3.05, 3.63) is 48.3 Å². The van der Waals surface area contributed by atoms with Crippen molar-refractivity contribution in [3.8, 4) is 0 Å². The second kappa shape index (κ2) is 7.90. The van der Waals surface area contributed by atoms with Crippen molar-refractivity contribution >= 4 is 11.8 Å². The van der Waals surface area contributed by atoms with Crippen molar-refractivity contribution in [1.82, 2.24) is 24.8 Å². The lowest BCUT2D eigenvalue weighted by atomic mass is 9.94. The van der Waals surface area contributed by atoms with Gasteiger partial charge in [0.1, 0.15) is 11.4 Å². The molecule has 0 bridgehead atoms. The molecule has 1 aliphatic heterocycles. The van der Waals surface area contributed by atoms with Gasteiger partial charge in [-0.3, -0.25) is 14.6 Å². The number of carbonyl (C=O) groups excluding carboxylic acids is 2. The van der Waals surface area contributed by atoms with Crippen molar-refractivity contribution in [2.45, 2.75) is 51.6 Å². The molecule has 7 heteroatoms. The molecule has 0 unspecified atom stereocenters. The number of hydrogen-bond donors (Lipinski definition) is 1. The minimum atomic E-state index is -0.906. The quantitative estimate of drug-likeness (QED) is 0.874. The monoisotopic (exact) mass is 369 g/mol. The zero-order valence-corrected chi connectivity index (χ0v) is 16.2. The smallest absolute Gasteiger partial charge is 0.247 e. The number of likely N-dealkylation sites (tertiary alicyclic amines) is 1. The Labute approximate surface area is 159 Å². The maximum Gasteiger partial charge on any atom is 0.247 e. The Morgan fingerprint density at radius 1 is 1.26 bits per heavy atom. The van der Waals surface area contributed by atoms with Gasteiger partial charge in [-0.25, -0.2) is 4.98 Å². The van der Waals surface area contributed by atoms with Gasteiger partial charge in [0, 0.05) is 44.5 Å². The van der Waals surface area contributed by atoms with Gasteiger partial charge in [-0.1, -0.05) is 6.07 Å². The second-order valence-corrected chi connectivity index (χ2v) is 7.63. The third-order valence-electron chi connectivity index (χ3n) is 4.90. The average Bonchev–Trinajstić information content (AvgIpc) is 3.09. The highest BCUT2D eigenvalue weighted by Gasteiger charge is 2.36. The normalized spacial score (nSPS) is 17.6. The summed E-state index contributed by atoms with van der Waals surface area (Å²) in [5.41, 5.74) is 0.0733. The van der Waals surface area contributed by atoms with Gasteiger partial charge in [0.15, 0.2) is 0 Å². The fourth-order valence-electron chi connectivity index (χ4n) is 3.74. The van der Waals surface area contributed by atoms with Gasteiger partial charge in [-0.05, 0) is 38.8 Å². The Kier molecular flexibility index (Phi) is 5.58. The lowest BCUT2D eigenvalue weighted by Crippen LogP contribution is -2.57. The Balaban J connectivity index is 1.73. The van der Waals surface area contributed by atoms with E-state index in [-0.39, 0.29) is 17.7 Å². The molecule has 144 valence electrons. The second-order valence-electron chi connectivity index (χ2n) is 7.63. The maximum absolute atomic E-state index is 12.9. The zero-order chi connectivity index (χ0) is 19.4. The van der Waals surface area contributed by atoms with E-state index in [0.717, 1.165) is 24.4 Å². The molecule has 0 radical (unpaired) electrons. The Bertz CT molecular complexity index is 800. The summed E-state index contributed by atoms with van der Waals surface area (Å²) in [6.07, 6.45) is 7.47. The van der Waals surface area contributed by atoms with E-state index in [1.54, 1.807) is 26.2 Å². The van der Waals surface area contributed by atoms with Crippen LogP contribution in [0.4, 0.5) is 0 Å². The fraction of sp³-hybridized carbons (Fsp3) is 0.500. The third-order valence-corrected chi connectivity index (χ3v) is 4.90. The summed E-state index contributed by atoms with van der Waals surface area (Å²) in [6.45, 7) is 6.92. The molecule has 1 atom stereocenters. The van der Waals surface area contributed by atoms with Crippen molar-refractivity contribution in [2.24, 2.45) is 0 Å². The number of nitrogens with one attached hydrogen (secondary N) is 1. The van der Waals surface area contributed by atoms with Gasteiger partial charge in [0.2, 0.25) is 11.8 Å². The zero-order valence-electron chi connectivity index (χ0n) is 16.2. The van der Waals surface area contributed by atoms with E-state index >= 15 is 0 Å². The van der Waals surface area contributed by atoms with Crippen LogP contribution in [0.15, 0.2) is 36.8 Å². The molecule has 3 heterocycles. The molecule has 1 aliphatic rings.